The fourth-order valence-electron chi connectivity index (χ4n) is 8.13. The van der Waals surface area contributed by atoms with Gasteiger partial charge < -0.3 is 49.0 Å². The fraction of sp³-hybridized carbons (Fsp3) is 0.892. The summed E-state index contributed by atoms with van der Waals surface area (Å²) in [6.07, 6.45) is -5.12. The van der Waals surface area contributed by atoms with Crippen molar-refractivity contribution in [1.82, 2.24) is 4.90 Å². The van der Waals surface area contributed by atoms with Gasteiger partial charge in [0.25, 0.3) is 0 Å². The standard InChI is InChI=1S/C37H65NO11.2Ac/c1-14-26-36(10,43)16-19(2)28(39)20(3)17-37(11,44)32(49-34-29(40)25(38(12)13)15-21(4)45-34)22(5)30(23(6)33(42)47-26)48-27-18-35(8,9)31(41)24(7)46-27;;/h16,20-27,29-32,34,40-41,43-44H,14-15,17-18H2,1-13H3;;/b19-16+;;/t20-,21-,22+,23-,24+,25+,26-,27+,29-,30+,31+,32-,34+,36+,37-;;/m1../s1. The van der Waals surface area contributed by atoms with E-state index in [0.29, 0.717) is 12.8 Å². The molecule has 3 aliphatic heterocycles. The summed E-state index contributed by atoms with van der Waals surface area (Å²) in [6.45, 7) is 19.1. The van der Waals surface area contributed by atoms with Gasteiger partial charge in [-0.1, -0.05) is 34.6 Å². The van der Waals surface area contributed by atoms with E-state index in [2.05, 4.69) is 0 Å². The number of allylic oxidation sites excluding steroid dienone is 1. The van der Waals surface area contributed by atoms with Gasteiger partial charge in [0.15, 0.2) is 18.4 Å². The maximum atomic E-state index is 14.0. The minimum absolute atomic E-state index is 0. The van der Waals surface area contributed by atoms with Crippen LogP contribution in [0.25, 0.3) is 0 Å². The molecule has 2 saturated heterocycles. The summed E-state index contributed by atoms with van der Waals surface area (Å²) in [6, 6.07) is -0.286. The van der Waals surface area contributed by atoms with Crippen molar-refractivity contribution in [2.45, 2.75) is 174 Å². The Morgan fingerprint density at radius 1 is 0.941 bits per heavy atom. The van der Waals surface area contributed by atoms with Gasteiger partial charge in [-0.2, -0.15) is 0 Å². The molecule has 0 amide bonds. The molecule has 0 bridgehead atoms. The van der Waals surface area contributed by atoms with E-state index in [9.17, 15) is 30.0 Å². The van der Waals surface area contributed by atoms with Gasteiger partial charge >= 0.3 is 5.97 Å². The third-order valence-corrected chi connectivity index (χ3v) is 11.0. The summed E-state index contributed by atoms with van der Waals surface area (Å²) >= 11 is 0. The first-order valence-electron chi connectivity index (χ1n) is 18.0. The number of carbonyl (C=O) groups is 2. The molecule has 0 aromatic heterocycles. The summed E-state index contributed by atoms with van der Waals surface area (Å²) in [5.41, 5.74) is -3.64. The molecule has 3 aliphatic rings. The first-order valence-corrected chi connectivity index (χ1v) is 18.0. The largest absolute Gasteiger partial charge is 0.459 e. The molecule has 3 rings (SSSR count). The Bertz CT molecular complexity index is 1180. The van der Waals surface area contributed by atoms with Gasteiger partial charge in [-0.3, -0.25) is 9.59 Å². The zero-order valence-corrected chi connectivity index (χ0v) is 42.7. The molecule has 0 spiro atoms. The van der Waals surface area contributed by atoms with Gasteiger partial charge in [0.05, 0.1) is 42.0 Å². The van der Waals surface area contributed by atoms with Crippen LogP contribution in [0.3, 0.4) is 0 Å². The molecule has 51 heavy (non-hydrogen) atoms. The summed E-state index contributed by atoms with van der Waals surface area (Å²) < 4.78 is 31.5. The van der Waals surface area contributed by atoms with Gasteiger partial charge in [0.2, 0.25) is 0 Å². The number of nitrogens with zero attached hydrogens (tertiary/aromatic N) is 1. The number of rotatable bonds is 6. The van der Waals surface area contributed by atoms with Crippen molar-refractivity contribution < 1.29 is 142 Å². The quantitative estimate of drug-likeness (QED) is 0.288. The van der Waals surface area contributed by atoms with Crippen LogP contribution in [-0.4, -0.2) is 124 Å². The number of ketones is 1. The Hall–Kier alpha value is 1.40. The number of ether oxygens (including phenoxy) is 5. The van der Waals surface area contributed by atoms with Crippen molar-refractivity contribution >= 4 is 11.8 Å². The smallest absolute Gasteiger partial charge is 0.311 e. The zero-order valence-electron chi connectivity index (χ0n) is 33.2. The molecule has 290 valence electrons. The van der Waals surface area contributed by atoms with Crippen LogP contribution < -0.4 is 0 Å². The van der Waals surface area contributed by atoms with Gasteiger partial charge in [-0.25, -0.2) is 0 Å². The van der Waals surface area contributed by atoms with Crippen LogP contribution in [0, 0.1) is 111 Å². The second kappa shape index (κ2) is 20.2. The normalized spacial score (nSPS) is 45.4. The number of hydrogen-bond acceptors (Lipinski definition) is 12. The van der Waals surface area contributed by atoms with Gasteiger partial charge in [-0.05, 0) is 92.0 Å². The minimum Gasteiger partial charge on any atom is -0.459 e. The molecule has 4 N–H and O–H groups in total. The van der Waals surface area contributed by atoms with Crippen molar-refractivity contribution in [2.75, 3.05) is 14.1 Å². The van der Waals surface area contributed by atoms with Crippen LogP contribution in [0.4, 0.5) is 0 Å². The Morgan fingerprint density at radius 2 is 1.53 bits per heavy atom. The van der Waals surface area contributed by atoms with E-state index >= 15 is 0 Å². The molecule has 12 nitrogen and oxygen atoms in total. The van der Waals surface area contributed by atoms with Crippen LogP contribution in [-0.2, 0) is 33.3 Å². The summed E-state index contributed by atoms with van der Waals surface area (Å²) in [4.78, 5) is 29.6. The van der Waals surface area contributed by atoms with Crippen molar-refractivity contribution in [3.63, 3.8) is 0 Å². The number of aliphatic hydroxyl groups excluding tert-OH is 2. The molecule has 3 heterocycles. The third-order valence-electron chi connectivity index (χ3n) is 11.0. The van der Waals surface area contributed by atoms with Crippen molar-refractivity contribution in [3.05, 3.63) is 11.6 Å². The Morgan fingerprint density at radius 3 is 2.06 bits per heavy atom. The number of aliphatic hydroxyl groups is 4. The average Bonchev–Trinajstić information content (AvgIpc) is 2.98. The fourth-order valence-corrected chi connectivity index (χ4v) is 8.13. The first kappa shape index (κ1) is 50.4. The van der Waals surface area contributed by atoms with E-state index in [-0.39, 0.29) is 124 Å². The van der Waals surface area contributed by atoms with E-state index < -0.39 is 89.5 Å². The molecule has 0 aliphatic carbocycles. The Balaban J connectivity index is 0.00000650. The van der Waals surface area contributed by atoms with Gasteiger partial charge in [0, 0.05) is 112 Å². The molecule has 14 heteroatoms. The van der Waals surface area contributed by atoms with Gasteiger partial charge in [0.1, 0.15) is 17.8 Å². The van der Waals surface area contributed by atoms with Crippen LogP contribution in [0.15, 0.2) is 11.6 Å². The van der Waals surface area contributed by atoms with Crippen molar-refractivity contribution in [2.24, 2.45) is 23.2 Å². The molecule has 15 atom stereocenters. The van der Waals surface area contributed by atoms with E-state index in [0.717, 1.165) is 0 Å². The number of hydrogen-bond donors (Lipinski definition) is 4. The number of cyclic esters (lactones) is 1. The monoisotopic (exact) mass is 1150 g/mol. The summed E-state index contributed by atoms with van der Waals surface area (Å²) in [5.74, 6) is -3.35. The number of esters is 1. The molecular formula is C37H65Ac2NO11. The molecule has 2 radical (unpaired) electrons. The predicted molar refractivity (Wildman–Crippen MR) is 183 cm³/mol. The third kappa shape index (κ3) is 12.4. The van der Waals surface area contributed by atoms with Crippen LogP contribution >= 0.6 is 0 Å². The molecule has 0 aromatic carbocycles. The average molecular weight is 1150 g/mol. The predicted octanol–water partition coefficient (Wildman–Crippen LogP) is 3.36. The molecular weight excluding hydrogens is 1090 g/mol. The van der Waals surface area contributed by atoms with Crippen LogP contribution in [0.2, 0.25) is 0 Å². The van der Waals surface area contributed by atoms with E-state index in [1.54, 1.807) is 48.5 Å². The van der Waals surface area contributed by atoms with E-state index in [1.807, 2.05) is 39.8 Å². The van der Waals surface area contributed by atoms with E-state index in [1.165, 1.54) is 13.0 Å². The Labute approximate surface area is 377 Å². The van der Waals surface area contributed by atoms with Crippen molar-refractivity contribution in [1.29, 1.82) is 0 Å². The van der Waals surface area contributed by atoms with Crippen molar-refractivity contribution in [3.8, 4) is 0 Å². The van der Waals surface area contributed by atoms with Gasteiger partial charge in [-0.15, -0.1) is 0 Å². The zero-order chi connectivity index (χ0) is 37.4. The second-order valence-electron chi connectivity index (χ2n) is 16.5. The maximum absolute atomic E-state index is 14.0. The first-order chi connectivity index (χ1) is 22.4. The topological polar surface area (TPSA) is 164 Å². The number of likely N-dealkylation sites (N-methyl/N-ethyl adjacent to an activating group) is 1. The second-order valence-corrected chi connectivity index (χ2v) is 16.5. The molecule has 0 unspecified atom stereocenters. The maximum Gasteiger partial charge on any atom is 0.311 e. The summed E-state index contributed by atoms with van der Waals surface area (Å²) in [7, 11) is 3.74. The van der Waals surface area contributed by atoms with Crippen LogP contribution in [0.5, 0.6) is 0 Å². The minimum atomic E-state index is -1.70. The number of carbonyl (C=O) groups excluding carboxylic acids is 2. The van der Waals surface area contributed by atoms with Crippen LogP contribution in [0.1, 0.15) is 102 Å². The molecule has 0 saturated carbocycles. The molecule has 0 aromatic rings. The summed E-state index contributed by atoms with van der Waals surface area (Å²) in [5, 5.41) is 46.0. The number of Topliss-reactive ketones (excluding diaryl/α,β-unsaturated/α-hetero) is 1. The Kier molecular flexibility index (Phi) is 20.0. The SMILES string of the molecule is CC[C@H]1OC(=O)[C@H](C)[C@@H](O[C@H]2CC(C)(C)[C@@H](O)[C@H](C)O2)[C@H](C)[C@@H](O[C@@H]2O[C@H](C)C[C@H](N(C)C)[C@H]2O)[C@](C)(O)C[C@@H](C)C(=O)/C(C)=C/[C@]1(C)O.[Ac].[Ac]. The molecule has 2 fully saturated rings. The van der Waals surface area contributed by atoms with E-state index in [4.69, 9.17) is 23.7 Å².